The highest BCUT2D eigenvalue weighted by Gasteiger charge is 2.25. The highest BCUT2D eigenvalue weighted by atomic mass is 15.1. The Kier molecular flexibility index (Phi) is 8.86. The molecule has 0 amide bonds. The average molecular weight is 733 g/mol. The number of benzene rings is 8. The number of hydrogen-bond donors (Lipinski definition) is 1. The molecule has 2 heterocycles. The number of fused-ring (bicyclic) bond motifs is 6. The van der Waals surface area contributed by atoms with Crippen molar-refractivity contribution in [1.29, 1.82) is 0 Å². The minimum absolute atomic E-state index is 0.171. The second-order valence-electron chi connectivity index (χ2n) is 14.5. The van der Waals surface area contributed by atoms with E-state index in [1.54, 1.807) is 0 Å². The summed E-state index contributed by atoms with van der Waals surface area (Å²) in [6.07, 6.45) is 4.11. The fourth-order valence-electron chi connectivity index (χ4n) is 8.52. The number of aliphatic imine (C=N–C) groups is 1. The van der Waals surface area contributed by atoms with E-state index in [2.05, 4.69) is 226 Å². The molecule has 0 saturated heterocycles. The Hall–Kier alpha value is -7.27. The van der Waals surface area contributed by atoms with Crippen molar-refractivity contribution < 1.29 is 0 Å². The summed E-state index contributed by atoms with van der Waals surface area (Å²) >= 11 is 0. The molecule has 4 nitrogen and oxygen atoms in total. The maximum absolute atomic E-state index is 4.45. The van der Waals surface area contributed by atoms with Gasteiger partial charge in [0.2, 0.25) is 0 Å². The monoisotopic (exact) mass is 732 g/mol. The van der Waals surface area contributed by atoms with Gasteiger partial charge in [0.15, 0.2) is 0 Å². The van der Waals surface area contributed by atoms with Gasteiger partial charge in [0.25, 0.3) is 0 Å². The molecule has 0 fully saturated rings. The van der Waals surface area contributed by atoms with E-state index in [0.717, 1.165) is 28.0 Å². The summed E-state index contributed by atoms with van der Waals surface area (Å²) in [4.78, 5) is 4.45. The number of hydrogen-bond acceptors (Lipinski definition) is 2. The Balaban J connectivity index is 1.12. The molecule has 10 aromatic rings. The fraction of sp³-hybridized carbons (Fsp3) is 0.0377. The lowest BCUT2D eigenvalue weighted by molar-refractivity contribution is 0.618. The van der Waals surface area contributed by atoms with Gasteiger partial charge >= 0.3 is 0 Å². The standard InChI is InChI=1S/C53H40N4/c1-54-36-51(52(40-19-9-4-10-20-40)55-35-37-15-5-2-6-16-37)57-50-24-14-13-22-45(50)48-34-47(44-21-11-12-23-46(44)53(48)57)41-27-30-49-42(33-41)31-32-56(49)43-28-25-39(26-29-43)38-17-7-3-8-18-38/h2-34,36,52,55H,1,35H2/b51-36+. The topological polar surface area (TPSA) is 34.2 Å². The van der Waals surface area contributed by atoms with Gasteiger partial charge in [0.05, 0.1) is 28.3 Å². The number of nitrogens with zero attached hydrogens (tertiary/aromatic N) is 3. The van der Waals surface area contributed by atoms with Gasteiger partial charge in [0.1, 0.15) is 0 Å². The second kappa shape index (κ2) is 14.8. The lowest BCUT2D eigenvalue weighted by Gasteiger charge is -2.25. The van der Waals surface area contributed by atoms with Crippen LogP contribution in [0.4, 0.5) is 0 Å². The zero-order valence-corrected chi connectivity index (χ0v) is 31.5. The van der Waals surface area contributed by atoms with Gasteiger partial charge < -0.3 is 14.5 Å². The SMILES string of the molecule is C=N/C=C(\C(NCc1ccccc1)c1ccccc1)n1c2ccccc2c2cc(-c3ccc4c(ccn4-c4ccc(-c5ccccc5)cc4)c3)c3ccccc3c21. The number of para-hydroxylation sites is 1. The third-order valence-electron chi connectivity index (χ3n) is 11.2. The summed E-state index contributed by atoms with van der Waals surface area (Å²) < 4.78 is 4.69. The van der Waals surface area contributed by atoms with Gasteiger partial charge in [-0.1, -0.05) is 152 Å². The first-order chi connectivity index (χ1) is 28.2. The van der Waals surface area contributed by atoms with Gasteiger partial charge in [-0.25, -0.2) is 0 Å². The first kappa shape index (κ1) is 34.2. The van der Waals surface area contributed by atoms with Crippen LogP contribution in [0.3, 0.4) is 0 Å². The molecule has 0 saturated carbocycles. The van der Waals surface area contributed by atoms with Crippen molar-refractivity contribution in [3.05, 3.63) is 218 Å². The van der Waals surface area contributed by atoms with Crippen molar-refractivity contribution in [3.63, 3.8) is 0 Å². The Morgan fingerprint density at radius 2 is 1.19 bits per heavy atom. The van der Waals surface area contributed by atoms with E-state index in [4.69, 9.17) is 0 Å². The fourth-order valence-corrected chi connectivity index (χ4v) is 8.52. The zero-order valence-electron chi connectivity index (χ0n) is 31.5. The summed E-state index contributed by atoms with van der Waals surface area (Å²) in [6.45, 7) is 4.67. The van der Waals surface area contributed by atoms with Crippen LogP contribution in [0.15, 0.2) is 212 Å². The van der Waals surface area contributed by atoms with E-state index in [-0.39, 0.29) is 6.04 Å². The summed E-state index contributed by atoms with van der Waals surface area (Å²) in [5, 5.41) is 9.87. The van der Waals surface area contributed by atoms with E-state index in [0.29, 0.717) is 6.54 Å². The smallest absolute Gasteiger partial charge is 0.0753 e. The van der Waals surface area contributed by atoms with Crippen LogP contribution in [0.5, 0.6) is 0 Å². The van der Waals surface area contributed by atoms with Crippen LogP contribution in [-0.2, 0) is 6.54 Å². The van der Waals surface area contributed by atoms with Gasteiger partial charge in [-0.05, 0) is 87.9 Å². The lowest BCUT2D eigenvalue weighted by atomic mass is 9.94. The minimum Gasteiger partial charge on any atom is -0.317 e. The number of nitrogens with one attached hydrogen (secondary N) is 1. The molecule has 272 valence electrons. The van der Waals surface area contributed by atoms with Crippen LogP contribution in [-0.4, -0.2) is 15.9 Å². The van der Waals surface area contributed by atoms with E-state index < -0.39 is 0 Å². The number of rotatable bonds is 10. The molecule has 10 rings (SSSR count). The quantitative estimate of drug-likeness (QED) is 0.140. The van der Waals surface area contributed by atoms with Crippen molar-refractivity contribution in [2.45, 2.75) is 12.6 Å². The maximum atomic E-state index is 4.45. The minimum atomic E-state index is -0.171. The molecule has 0 spiro atoms. The third kappa shape index (κ3) is 6.23. The van der Waals surface area contributed by atoms with E-state index in [1.165, 1.54) is 60.3 Å². The average Bonchev–Trinajstić information content (AvgIpc) is 3.86. The Morgan fingerprint density at radius 3 is 1.95 bits per heavy atom. The molecule has 1 unspecified atom stereocenters. The van der Waals surface area contributed by atoms with Gasteiger partial charge in [-0.2, -0.15) is 0 Å². The van der Waals surface area contributed by atoms with Crippen molar-refractivity contribution in [1.82, 2.24) is 14.5 Å². The first-order valence-corrected chi connectivity index (χ1v) is 19.5. The Labute approximate surface area is 332 Å². The molecular formula is C53H40N4. The third-order valence-corrected chi connectivity index (χ3v) is 11.2. The van der Waals surface area contributed by atoms with Gasteiger partial charge in [-0.3, -0.25) is 4.99 Å². The molecule has 8 aromatic carbocycles. The zero-order chi connectivity index (χ0) is 38.1. The van der Waals surface area contributed by atoms with Crippen LogP contribution in [0.2, 0.25) is 0 Å². The van der Waals surface area contributed by atoms with Crippen molar-refractivity contribution >= 4 is 55.9 Å². The maximum Gasteiger partial charge on any atom is 0.0753 e. The second-order valence-corrected chi connectivity index (χ2v) is 14.5. The number of aromatic nitrogens is 2. The predicted octanol–water partition coefficient (Wildman–Crippen LogP) is 13.3. The van der Waals surface area contributed by atoms with Crippen LogP contribution in [0.1, 0.15) is 17.2 Å². The van der Waals surface area contributed by atoms with Crippen LogP contribution < -0.4 is 5.32 Å². The molecular weight excluding hydrogens is 693 g/mol. The molecule has 0 aliphatic rings. The Morgan fingerprint density at radius 1 is 0.561 bits per heavy atom. The Bertz CT molecular complexity index is 3060. The van der Waals surface area contributed by atoms with E-state index in [9.17, 15) is 0 Å². The molecule has 1 N–H and O–H groups in total. The molecule has 2 aromatic heterocycles. The highest BCUT2D eigenvalue weighted by Crippen LogP contribution is 2.43. The molecule has 1 atom stereocenters. The highest BCUT2D eigenvalue weighted by molar-refractivity contribution is 6.22. The normalized spacial score (nSPS) is 12.5. The van der Waals surface area contributed by atoms with Crippen molar-refractivity contribution in [2.75, 3.05) is 0 Å². The van der Waals surface area contributed by atoms with E-state index in [1.807, 2.05) is 6.20 Å². The molecule has 57 heavy (non-hydrogen) atoms. The molecule has 0 radical (unpaired) electrons. The first-order valence-electron chi connectivity index (χ1n) is 19.5. The van der Waals surface area contributed by atoms with E-state index >= 15 is 0 Å². The van der Waals surface area contributed by atoms with Gasteiger partial charge in [-0.15, -0.1) is 0 Å². The van der Waals surface area contributed by atoms with Crippen LogP contribution in [0.25, 0.3) is 77.1 Å². The molecule has 0 bridgehead atoms. The molecule has 0 aliphatic heterocycles. The van der Waals surface area contributed by atoms with Crippen LogP contribution >= 0.6 is 0 Å². The molecule has 0 aliphatic carbocycles. The van der Waals surface area contributed by atoms with Crippen LogP contribution in [0, 0.1) is 0 Å². The van der Waals surface area contributed by atoms with Gasteiger partial charge in [0, 0.05) is 46.2 Å². The largest absolute Gasteiger partial charge is 0.317 e. The lowest BCUT2D eigenvalue weighted by Crippen LogP contribution is -2.24. The van der Waals surface area contributed by atoms with Crippen molar-refractivity contribution in [3.8, 4) is 27.9 Å². The summed E-state index contributed by atoms with van der Waals surface area (Å²) in [6, 6.07) is 69.4. The predicted molar refractivity (Wildman–Crippen MR) is 241 cm³/mol. The summed E-state index contributed by atoms with van der Waals surface area (Å²) in [7, 11) is 0. The van der Waals surface area contributed by atoms with Crippen molar-refractivity contribution in [2.24, 2.45) is 4.99 Å². The summed E-state index contributed by atoms with van der Waals surface area (Å²) in [5.74, 6) is 0. The molecule has 4 heteroatoms. The summed E-state index contributed by atoms with van der Waals surface area (Å²) in [5.41, 5.74) is 12.8.